The van der Waals surface area contributed by atoms with Crippen molar-refractivity contribution in [2.24, 2.45) is 0 Å². The van der Waals surface area contributed by atoms with E-state index in [1.807, 2.05) is 0 Å². The van der Waals surface area contributed by atoms with Crippen molar-refractivity contribution >= 4 is 11.4 Å². The van der Waals surface area contributed by atoms with Gasteiger partial charge in [0.15, 0.2) is 0 Å². The Hall–Kier alpha value is -3.52. The summed E-state index contributed by atoms with van der Waals surface area (Å²) in [6.07, 6.45) is 40.4. The number of aryl methyl sites for hydroxylation is 2. The highest BCUT2D eigenvalue weighted by molar-refractivity contribution is 5.44. The van der Waals surface area contributed by atoms with Crippen LogP contribution in [0.25, 0.3) is 0 Å². The molecular formula is C58H88N2. The van der Waals surface area contributed by atoms with Crippen LogP contribution in [0.1, 0.15) is 239 Å². The van der Waals surface area contributed by atoms with Gasteiger partial charge in [-0.05, 0) is 96.2 Å². The molecule has 0 radical (unpaired) electrons. The van der Waals surface area contributed by atoms with Gasteiger partial charge in [-0.25, -0.2) is 0 Å². The van der Waals surface area contributed by atoms with Crippen molar-refractivity contribution in [3.05, 3.63) is 130 Å². The van der Waals surface area contributed by atoms with Crippen LogP contribution in [-0.4, -0.2) is 0 Å². The average Bonchev–Trinajstić information content (AvgIpc) is 3.27. The Morgan fingerprint density at radius 2 is 0.517 bits per heavy atom. The van der Waals surface area contributed by atoms with Gasteiger partial charge in [-0.1, -0.05) is 241 Å². The Kier molecular flexibility index (Phi) is 25.7. The maximum atomic E-state index is 6.04. The highest BCUT2D eigenvalue weighted by Crippen LogP contribution is 2.33. The van der Waals surface area contributed by atoms with E-state index in [4.69, 9.17) is 11.5 Å². The molecule has 4 aromatic rings. The van der Waals surface area contributed by atoms with Crippen molar-refractivity contribution in [1.82, 2.24) is 0 Å². The molecule has 0 bridgehead atoms. The zero-order valence-electron chi connectivity index (χ0n) is 38.8. The lowest BCUT2D eigenvalue weighted by atomic mass is 9.86. The molecule has 4 N–H and O–H groups in total. The summed E-state index contributed by atoms with van der Waals surface area (Å²) >= 11 is 0. The summed E-state index contributed by atoms with van der Waals surface area (Å²) in [7, 11) is 0. The molecule has 2 unspecified atom stereocenters. The minimum atomic E-state index is 0.467. The van der Waals surface area contributed by atoms with E-state index in [1.165, 1.54) is 226 Å². The fourth-order valence-corrected chi connectivity index (χ4v) is 9.38. The lowest BCUT2D eigenvalue weighted by Gasteiger charge is -2.19. The molecule has 0 aliphatic rings. The first-order valence-corrected chi connectivity index (χ1v) is 25.5. The molecule has 0 amide bonds. The fourth-order valence-electron chi connectivity index (χ4n) is 9.38. The molecule has 60 heavy (non-hydrogen) atoms. The summed E-state index contributed by atoms with van der Waals surface area (Å²) in [5.41, 5.74) is 22.5. The monoisotopic (exact) mass is 813 g/mol. The van der Waals surface area contributed by atoms with Crippen LogP contribution in [0, 0.1) is 0 Å². The molecule has 0 saturated carbocycles. The van der Waals surface area contributed by atoms with E-state index in [2.05, 4.69) is 111 Å². The van der Waals surface area contributed by atoms with Crippen LogP contribution in [0.15, 0.2) is 97.1 Å². The van der Waals surface area contributed by atoms with E-state index < -0.39 is 0 Å². The van der Waals surface area contributed by atoms with Crippen molar-refractivity contribution in [2.75, 3.05) is 11.5 Å². The smallest absolute Gasteiger partial charge is 0.0314 e. The van der Waals surface area contributed by atoms with Crippen LogP contribution in [0.2, 0.25) is 0 Å². The molecule has 2 heteroatoms. The highest BCUT2D eigenvalue weighted by atomic mass is 14.5. The number of unbranched alkanes of at least 4 members (excludes halogenated alkanes) is 23. The van der Waals surface area contributed by atoms with E-state index in [0.29, 0.717) is 11.8 Å². The molecule has 0 saturated heterocycles. The molecule has 0 aromatic heterocycles. The highest BCUT2D eigenvalue weighted by Gasteiger charge is 2.16. The van der Waals surface area contributed by atoms with Gasteiger partial charge in [0, 0.05) is 23.2 Å². The first-order valence-electron chi connectivity index (χ1n) is 25.5. The number of rotatable bonds is 35. The van der Waals surface area contributed by atoms with Gasteiger partial charge in [0.25, 0.3) is 0 Å². The second-order valence-corrected chi connectivity index (χ2v) is 18.5. The molecule has 0 aliphatic carbocycles. The van der Waals surface area contributed by atoms with Crippen LogP contribution < -0.4 is 11.5 Å². The van der Waals surface area contributed by atoms with Gasteiger partial charge in [-0.15, -0.1) is 0 Å². The molecule has 0 aliphatic heterocycles. The summed E-state index contributed by atoms with van der Waals surface area (Å²) < 4.78 is 0. The molecule has 330 valence electrons. The lowest BCUT2D eigenvalue weighted by Crippen LogP contribution is -2.02. The average molecular weight is 813 g/mol. The SMILES string of the molecule is CCCCCCCCCC(c1ccc(N)cc1)c1ccc(CCCCCCCCCCCCCCc2ccc(C(CCCCCCCCC)c3ccc(N)cc3)cc2)cc1. The topological polar surface area (TPSA) is 52.0 Å². The number of nitrogen functional groups attached to an aromatic ring is 2. The molecule has 4 rings (SSSR count). The van der Waals surface area contributed by atoms with Crippen molar-refractivity contribution in [2.45, 2.75) is 218 Å². The van der Waals surface area contributed by atoms with Gasteiger partial charge in [-0.3, -0.25) is 0 Å². The molecular weight excluding hydrogens is 725 g/mol. The fraction of sp³-hybridized carbons (Fsp3) is 0.586. The van der Waals surface area contributed by atoms with Gasteiger partial charge < -0.3 is 11.5 Å². The lowest BCUT2D eigenvalue weighted by molar-refractivity contribution is 0.540. The van der Waals surface area contributed by atoms with Crippen LogP contribution in [0.4, 0.5) is 11.4 Å². The summed E-state index contributed by atoms with van der Waals surface area (Å²) in [4.78, 5) is 0. The van der Waals surface area contributed by atoms with Gasteiger partial charge in [0.05, 0.1) is 0 Å². The van der Waals surface area contributed by atoms with Crippen LogP contribution >= 0.6 is 0 Å². The maximum Gasteiger partial charge on any atom is 0.0314 e. The summed E-state index contributed by atoms with van der Waals surface area (Å²) in [6, 6.07) is 36.5. The Labute approximate surface area is 370 Å². The van der Waals surface area contributed by atoms with E-state index in [-0.39, 0.29) is 0 Å². The summed E-state index contributed by atoms with van der Waals surface area (Å²) in [6.45, 7) is 4.59. The number of benzene rings is 4. The van der Waals surface area contributed by atoms with E-state index in [1.54, 1.807) is 0 Å². The van der Waals surface area contributed by atoms with Crippen molar-refractivity contribution < 1.29 is 0 Å². The molecule has 0 fully saturated rings. The third-order valence-electron chi connectivity index (χ3n) is 13.3. The number of nitrogens with two attached hydrogens (primary N) is 2. The Balaban J connectivity index is 1.02. The molecule has 0 spiro atoms. The van der Waals surface area contributed by atoms with Crippen molar-refractivity contribution in [3.8, 4) is 0 Å². The maximum absolute atomic E-state index is 6.04. The third kappa shape index (κ3) is 20.4. The van der Waals surface area contributed by atoms with Crippen LogP contribution in [0.5, 0.6) is 0 Å². The van der Waals surface area contributed by atoms with Gasteiger partial charge in [0.1, 0.15) is 0 Å². The van der Waals surface area contributed by atoms with E-state index >= 15 is 0 Å². The minimum Gasteiger partial charge on any atom is -0.399 e. The number of hydrogen-bond donors (Lipinski definition) is 2. The predicted molar refractivity (Wildman–Crippen MR) is 266 cm³/mol. The minimum absolute atomic E-state index is 0.467. The van der Waals surface area contributed by atoms with Crippen molar-refractivity contribution in [3.63, 3.8) is 0 Å². The zero-order chi connectivity index (χ0) is 42.3. The number of hydrogen-bond acceptors (Lipinski definition) is 2. The summed E-state index contributed by atoms with van der Waals surface area (Å²) in [5, 5.41) is 0. The zero-order valence-corrected chi connectivity index (χ0v) is 38.8. The standard InChI is InChI=1S/C58H88N2/c1-3-5-7-9-17-23-27-31-57(53-41-45-55(59)46-42-53)51-37-33-49(34-38-51)29-25-21-19-15-13-11-12-14-16-20-22-26-30-50-35-39-52(40-36-50)58(54-43-47-56(60)48-44-54)32-28-24-18-10-8-6-4-2/h33-48,57-58H,3-32,59-60H2,1-2H3. The van der Waals surface area contributed by atoms with E-state index in [0.717, 1.165) is 11.4 Å². The molecule has 4 aromatic carbocycles. The van der Waals surface area contributed by atoms with Crippen LogP contribution in [0.3, 0.4) is 0 Å². The first kappa shape index (κ1) is 49.1. The first-order chi connectivity index (χ1) is 29.6. The van der Waals surface area contributed by atoms with Crippen molar-refractivity contribution in [1.29, 1.82) is 0 Å². The van der Waals surface area contributed by atoms with Gasteiger partial charge in [-0.2, -0.15) is 0 Å². The third-order valence-corrected chi connectivity index (χ3v) is 13.3. The normalized spacial score (nSPS) is 12.5. The molecule has 2 atom stereocenters. The molecule has 0 heterocycles. The molecule has 2 nitrogen and oxygen atoms in total. The Morgan fingerprint density at radius 1 is 0.283 bits per heavy atom. The Morgan fingerprint density at radius 3 is 0.800 bits per heavy atom. The second kappa shape index (κ2) is 31.3. The predicted octanol–water partition coefficient (Wildman–Crippen LogP) is 17.9. The van der Waals surface area contributed by atoms with Crippen LogP contribution in [-0.2, 0) is 12.8 Å². The Bertz CT molecular complexity index is 1460. The van der Waals surface area contributed by atoms with E-state index in [9.17, 15) is 0 Å². The van der Waals surface area contributed by atoms with Gasteiger partial charge >= 0.3 is 0 Å². The quantitative estimate of drug-likeness (QED) is 0.0359. The largest absolute Gasteiger partial charge is 0.399 e. The number of anilines is 2. The van der Waals surface area contributed by atoms with Gasteiger partial charge in [0.2, 0.25) is 0 Å². The second-order valence-electron chi connectivity index (χ2n) is 18.5. The summed E-state index contributed by atoms with van der Waals surface area (Å²) in [5.74, 6) is 0.934.